The minimum absolute atomic E-state index is 0.204. The summed E-state index contributed by atoms with van der Waals surface area (Å²) < 4.78 is 0. The molecule has 0 atom stereocenters. The molecule has 0 saturated heterocycles. The Kier molecular flexibility index (Phi) is 6.71. The third-order valence-electron chi connectivity index (χ3n) is 4.79. The summed E-state index contributed by atoms with van der Waals surface area (Å²) in [4.78, 5) is 10.8. The summed E-state index contributed by atoms with van der Waals surface area (Å²) >= 11 is 0. The number of benzene rings is 3. The quantitative estimate of drug-likeness (QED) is 0.338. The van der Waals surface area contributed by atoms with Crippen LogP contribution in [0.3, 0.4) is 0 Å². The van der Waals surface area contributed by atoms with Crippen LogP contribution < -0.4 is 0 Å². The average molecular weight is 400 g/mol. The van der Waals surface area contributed by atoms with E-state index in [1.807, 2.05) is 48.5 Å². The molecule has 3 N–H and O–H groups in total. The van der Waals surface area contributed by atoms with Crippen molar-refractivity contribution in [2.24, 2.45) is 0 Å². The van der Waals surface area contributed by atoms with Gasteiger partial charge in [0.2, 0.25) is 0 Å². The predicted octanol–water partition coefficient (Wildman–Crippen LogP) is 5.95. The lowest BCUT2D eigenvalue weighted by Crippen LogP contribution is -1.96. The molecule has 0 fully saturated rings. The largest absolute Gasteiger partial charge is 0.508 e. The van der Waals surface area contributed by atoms with Crippen LogP contribution in [-0.2, 0) is 4.79 Å². The zero-order valence-corrected chi connectivity index (χ0v) is 16.7. The number of aliphatic carboxylic acids is 1. The van der Waals surface area contributed by atoms with Crippen molar-refractivity contribution in [2.45, 2.75) is 19.8 Å². The third kappa shape index (κ3) is 5.17. The molecule has 0 radical (unpaired) electrons. The van der Waals surface area contributed by atoms with Gasteiger partial charge in [0, 0.05) is 6.08 Å². The highest BCUT2D eigenvalue weighted by Gasteiger charge is 2.14. The van der Waals surface area contributed by atoms with Crippen molar-refractivity contribution in [3.63, 3.8) is 0 Å². The van der Waals surface area contributed by atoms with E-state index in [4.69, 9.17) is 5.11 Å². The van der Waals surface area contributed by atoms with Gasteiger partial charge in [-0.25, -0.2) is 4.79 Å². The zero-order chi connectivity index (χ0) is 21.5. The fourth-order valence-corrected chi connectivity index (χ4v) is 3.40. The van der Waals surface area contributed by atoms with Gasteiger partial charge in [0.1, 0.15) is 11.5 Å². The van der Waals surface area contributed by atoms with Gasteiger partial charge in [0.25, 0.3) is 0 Å². The number of rotatable bonds is 7. The molecular formula is C26H24O4. The molecule has 3 aromatic carbocycles. The third-order valence-corrected chi connectivity index (χ3v) is 4.79. The second-order valence-electron chi connectivity index (χ2n) is 6.99. The monoisotopic (exact) mass is 400 g/mol. The molecule has 0 aliphatic heterocycles. The maximum absolute atomic E-state index is 10.8. The Bertz CT molecular complexity index is 1010. The number of carboxylic acid groups (broad SMARTS) is 1. The van der Waals surface area contributed by atoms with E-state index >= 15 is 0 Å². The number of allylic oxidation sites excluding steroid dienone is 1. The van der Waals surface area contributed by atoms with Gasteiger partial charge in [-0.1, -0.05) is 61.9 Å². The van der Waals surface area contributed by atoms with Crippen LogP contribution in [0.4, 0.5) is 0 Å². The fourth-order valence-electron chi connectivity index (χ4n) is 3.40. The Hall–Kier alpha value is -3.79. The number of hydrogen-bond acceptors (Lipinski definition) is 3. The van der Waals surface area contributed by atoms with Gasteiger partial charge in [-0.2, -0.15) is 0 Å². The molecule has 3 rings (SSSR count). The van der Waals surface area contributed by atoms with Crippen molar-refractivity contribution in [3.8, 4) is 11.5 Å². The Morgan fingerprint density at radius 3 is 1.67 bits per heavy atom. The minimum Gasteiger partial charge on any atom is -0.508 e. The maximum Gasteiger partial charge on any atom is 0.328 e. The van der Waals surface area contributed by atoms with Gasteiger partial charge in [-0.3, -0.25) is 0 Å². The molecular weight excluding hydrogens is 376 g/mol. The average Bonchev–Trinajstić information content (AvgIpc) is 2.75. The lowest BCUT2D eigenvalue weighted by atomic mass is 9.87. The van der Waals surface area contributed by atoms with E-state index in [0.29, 0.717) is 0 Å². The Morgan fingerprint density at radius 1 is 0.767 bits per heavy atom. The first-order valence-electron chi connectivity index (χ1n) is 9.81. The molecule has 0 aliphatic carbocycles. The van der Waals surface area contributed by atoms with Crippen LogP contribution in [0.2, 0.25) is 0 Å². The van der Waals surface area contributed by atoms with E-state index in [2.05, 4.69) is 6.92 Å². The Labute approximate surface area is 176 Å². The van der Waals surface area contributed by atoms with Crippen molar-refractivity contribution in [1.29, 1.82) is 0 Å². The lowest BCUT2D eigenvalue weighted by molar-refractivity contribution is -0.131. The topological polar surface area (TPSA) is 77.8 Å². The van der Waals surface area contributed by atoms with Gasteiger partial charge in [0.15, 0.2) is 0 Å². The smallest absolute Gasteiger partial charge is 0.328 e. The second kappa shape index (κ2) is 9.61. The van der Waals surface area contributed by atoms with Crippen molar-refractivity contribution in [2.75, 3.05) is 0 Å². The SMILES string of the molecule is CCCC(=C(c1ccc(O)cc1)c1ccc(O)cc1)c1ccc(C=CC(=O)O)cc1. The molecule has 4 heteroatoms. The van der Waals surface area contributed by atoms with Crippen LogP contribution in [0.1, 0.15) is 42.0 Å². The standard InChI is InChI=1S/C26H24O4/c1-2-3-24(19-7-4-18(5-8-19)6-17-25(29)30)26(20-9-13-22(27)14-10-20)21-11-15-23(28)16-12-21/h4-17,27-28H,2-3H2,1H3,(H,29,30). The van der Waals surface area contributed by atoms with Crippen LogP contribution in [0, 0.1) is 0 Å². The van der Waals surface area contributed by atoms with Gasteiger partial charge in [0.05, 0.1) is 0 Å². The van der Waals surface area contributed by atoms with Crippen molar-refractivity contribution in [3.05, 3.63) is 101 Å². The van der Waals surface area contributed by atoms with Crippen LogP contribution in [0.5, 0.6) is 11.5 Å². The maximum atomic E-state index is 10.8. The molecule has 0 unspecified atom stereocenters. The van der Waals surface area contributed by atoms with E-state index in [-0.39, 0.29) is 11.5 Å². The van der Waals surface area contributed by atoms with Crippen molar-refractivity contribution < 1.29 is 20.1 Å². The molecule has 0 aliphatic rings. The predicted molar refractivity (Wildman–Crippen MR) is 120 cm³/mol. The summed E-state index contributed by atoms with van der Waals surface area (Å²) in [5.41, 5.74) is 5.97. The van der Waals surface area contributed by atoms with Crippen LogP contribution in [0.15, 0.2) is 78.9 Å². The molecule has 4 nitrogen and oxygen atoms in total. The summed E-state index contributed by atoms with van der Waals surface area (Å²) in [6.07, 6.45) is 4.46. The van der Waals surface area contributed by atoms with E-state index in [9.17, 15) is 15.0 Å². The van der Waals surface area contributed by atoms with E-state index in [1.54, 1.807) is 30.3 Å². The molecule has 152 valence electrons. The summed E-state index contributed by atoms with van der Waals surface area (Å²) in [5, 5.41) is 28.3. The van der Waals surface area contributed by atoms with Crippen LogP contribution >= 0.6 is 0 Å². The van der Waals surface area contributed by atoms with Crippen molar-refractivity contribution in [1.82, 2.24) is 0 Å². The summed E-state index contributed by atoms with van der Waals surface area (Å²) in [6.45, 7) is 2.12. The zero-order valence-electron chi connectivity index (χ0n) is 16.7. The summed E-state index contributed by atoms with van der Waals surface area (Å²) in [5.74, 6) is -0.571. The molecule has 30 heavy (non-hydrogen) atoms. The first-order chi connectivity index (χ1) is 14.5. The second-order valence-corrected chi connectivity index (χ2v) is 6.99. The number of phenolic OH excluding ortho intramolecular Hbond substituents is 2. The highest BCUT2D eigenvalue weighted by molar-refractivity contribution is 5.98. The van der Waals surface area contributed by atoms with E-state index in [1.165, 1.54) is 0 Å². The number of carboxylic acids is 1. The Balaban J connectivity index is 2.17. The van der Waals surface area contributed by atoms with E-state index in [0.717, 1.165) is 52.3 Å². The first kappa shape index (κ1) is 20.9. The number of hydrogen-bond donors (Lipinski definition) is 3. The van der Waals surface area contributed by atoms with Crippen LogP contribution in [-0.4, -0.2) is 21.3 Å². The molecule has 0 amide bonds. The lowest BCUT2D eigenvalue weighted by Gasteiger charge is -2.17. The fraction of sp³-hybridized carbons (Fsp3) is 0.115. The first-order valence-corrected chi connectivity index (χ1v) is 9.81. The molecule has 0 saturated carbocycles. The van der Waals surface area contributed by atoms with Crippen LogP contribution in [0.25, 0.3) is 17.2 Å². The number of aromatic hydroxyl groups is 2. The molecule has 0 spiro atoms. The van der Waals surface area contributed by atoms with Gasteiger partial charge >= 0.3 is 5.97 Å². The van der Waals surface area contributed by atoms with Crippen molar-refractivity contribution >= 4 is 23.2 Å². The molecule has 0 aromatic heterocycles. The summed E-state index contributed by atoms with van der Waals surface area (Å²) in [7, 11) is 0. The highest BCUT2D eigenvalue weighted by atomic mass is 16.4. The Morgan fingerprint density at radius 2 is 1.23 bits per heavy atom. The van der Waals surface area contributed by atoms with Gasteiger partial charge < -0.3 is 15.3 Å². The molecule has 0 bridgehead atoms. The number of carbonyl (C=O) groups is 1. The molecule has 3 aromatic rings. The molecule has 0 heterocycles. The van der Waals surface area contributed by atoms with Gasteiger partial charge in [-0.15, -0.1) is 0 Å². The highest BCUT2D eigenvalue weighted by Crippen LogP contribution is 2.36. The summed E-state index contributed by atoms with van der Waals surface area (Å²) in [6, 6.07) is 22.0. The van der Waals surface area contributed by atoms with Gasteiger partial charge in [-0.05, 0) is 70.2 Å². The van der Waals surface area contributed by atoms with E-state index < -0.39 is 5.97 Å². The normalized spacial score (nSPS) is 10.8. The number of phenols is 2. The minimum atomic E-state index is -0.979.